The van der Waals surface area contributed by atoms with E-state index in [1.807, 2.05) is 48.7 Å². The molecule has 29 heavy (non-hydrogen) atoms. The zero-order valence-electron chi connectivity index (χ0n) is 15.8. The van der Waals surface area contributed by atoms with Gasteiger partial charge in [-0.25, -0.2) is 4.98 Å². The molecule has 0 aliphatic carbocycles. The molecular formula is C21H21N3O4S. The summed E-state index contributed by atoms with van der Waals surface area (Å²) in [6.45, 7) is 2.58. The SMILES string of the molecule is CCOc1ccc(Nc2nc(-c3ccc(NC(=O)CCC(=O)O)cc3)cs2)cc1. The number of carboxylic acids is 1. The monoisotopic (exact) mass is 411 g/mol. The van der Waals surface area contributed by atoms with Crippen LogP contribution in [0.1, 0.15) is 19.8 Å². The van der Waals surface area contributed by atoms with Gasteiger partial charge in [-0.1, -0.05) is 12.1 Å². The first-order valence-corrected chi connectivity index (χ1v) is 9.99. The highest BCUT2D eigenvalue weighted by Gasteiger charge is 2.08. The third kappa shape index (κ3) is 6.05. The van der Waals surface area contributed by atoms with Crippen LogP contribution in [0, 0.1) is 0 Å². The van der Waals surface area contributed by atoms with Crippen LogP contribution in [0.2, 0.25) is 0 Å². The minimum absolute atomic E-state index is 0.0518. The molecule has 3 N–H and O–H groups in total. The number of nitrogens with zero attached hydrogens (tertiary/aromatic N) is 1. The minimum atomic E-state index is -0.992. The van der Waals surface area contributed by atoms with Gasteiger partial charge in [0.2, 0.25) is 5.91 Å². The predicted octanol–water partition coefficient (Wildman–Crippen LogP) is 4.76. The van der Waals surface area contributed by atoms with Gasteiger partial charge in [-0.15, -0.1) is 11.3 Å². The van der Waals surface area contributed by atoms with Gasteiger partial charge in [-0.2, -0.15) is 0 Å². The maximum atomic E-state index is 11.7. The molecule has 0 aliphatic heterocycles. The summed E-state index contributed by atoms with van der Waals surface area (Å²) in [5, 5.41) is 17.3. The molecule has 150 valence electrons. The molecule has 3 rings (SSSR count). The number of rotatable bonds is 9. The largest absolute Gasteiger partial charge is 0.494 e. The van der Waals surface area contributed by atoms with Crippen LogP contribution in [0.3, 0.4) is 0 Å². The number of hydrogen-bond donors (Lipinski definition) is 3. The molecular weight excluding hydrogens is 390 g/mol. The topological polar surface area (TPSA) is 101 Å². The van der Waals surface area contributed by atoms with E-state index in [4.69, 9.17) is 9.84 Å². The van der Waals surface area contributed by atoms with Crippen molar-refractivity contribution < 1.29 is 19.4 Å². The van der Waals surface area contributed by atoms with Crippen molar-refractivity contribution in [2.75, 3.05) is 17.2 Å². The number of thiazole rings is 1. The number of benzene rings is 2. The Morgan fingerprint density at radius 1 is 1.03 bits per heavy atom. The fourth-order valence-electron chi connectivity index (χ4n) is 2.56. The normalized spacial score (nSPS) is 10.4. The first kappa shape index (κ1) is 20.3. The lowest BCUT2D eigenvalue weighted by Crippen LogP contribution is -2.13. The summed E-state index contributed by atoms with van der Waals surface area (Å²) in [5.41, 5.74) is 3.29. The lowest BCUT2D eigenvalue weighted by atomic mass is 10.1. The minimum Gasteiger partial charge on any atom is -0.494 e. The second-order valence-corrected chi connectivity index (χ2v) is 7.00. The van der Waals surface area contributed by atoms with Gasteiger partial charge in [0.1, 0.15) is 5.75 Å². The Kier molecular flexibility index (Phi) is 6.80. The van der Waals surface area contributed by atoms with E-state index < -0.39 is 5.97 Å². The molecule has 2 aromatic carbocycles. The highest BCUT2D eigenvalue weighted by molar-refractivity contribution is 7.14. The van der Waals surface area contributed by atoms with Gasteiger partial charge in [0, 0.05) is 28.7 Å². The highest BCUT2D eigenvalue weighted by Crippen LogP contribution is 2.28. The molecule has 8 heteroatoms. The van der Waals surface area contributed by atoms with Crippen LogP contribution in [0.25, 0.3) is 11.3 Å². The van der Waals surface area contributed by atoms with Crippen LogP contribution in [0.5, 0.6) is 5.75 Å². The van der Waals surface area contributed by atoms with E-state index >= 15 is 0 Å². The zero-order valence-corrected chi connectivity index (χ0v) is 16.7. The van der Waals surface area contributed by atoms with Crippen LogP contribution in [-0.4, -0.2) is 28.6 Å². The van der Waals surface area contributed by atoms with Crippen molar-refractivity contribution in [2.24, 2.45) is 0 Å². The Morgan fingerprint density at radius 2 is 1.72 bits per heavy atom. The second-order valence-electron chi connectivity index (χ2n) is 6.14. The third-order valence-corrected chi connectivity index (χ3v) is 4.71. The summed E-state index contributed by atoms with van der Waals surface area (Å²) in [4.78, 5) is 26.8. The van der Waals surface area contributed by atoms with Crippen LogP contribution in [0.15, 0.2) is 53.9 Å². The molecule has 1 heterocycles. The van der Waals surface area contributed by atoms with E-state index in [1.165, 1.54) is 11.3 Å². The van der Waals surface area contributed by atoms with E-state index in [-0.39, 0.29) is 18.7 Å². The van der Waals surface area contributed by atoms with Crippen molar-refractivity contribution in [1.29, 1.82) is 0 Å². The van der Waals surface area contributed by atoms with E-state index in [9.17, 15) is 9.59 Å². The molecule has 0 bridgehead atoms. The first-order chi connectivity index (χ1) is 14.0. The fourth-order valence-corrected chi connectivity index (χ4v) is 3.30. The number of amides is 1. The number of carbonyl (C=O) groups is 2. The van der Waals surface area contributed by atoms with Crippen LogP contribution in [0.4, 0.5) is 16.5 Å². The Labute approximate surface area is 172 Å². The average Bonchev–Trinajstić information content (AvgIpc) is 3.17. The van der Waals surface area contributed by atoms with E-state index in [0.29, 0.717) is 12.3 Å². The van der Waals surface area contributed by atoms with Crippen molar-refractivity contribution in [3.63, 3.8) is 0 Å². The molecule has 0 saturated carbocycles. The zero-order chi connectivity index (χ0) is 20.6. The molecule has 7 nitrogen and oxygen atoms in total. The number of ether oxygens (including phenoxy) is 1. The number of aromatic nitrogens is 1. The summed E-state index contributed by atoms with van der Waals surface area (Å²) >= 11 is 1.50. The molecule has 0 spiro atoms. The summed E-state index contributed by atoms with van der Waals surface area (Å²) < 4.78 is 5.44. The molecule has 0 unspecified atom stereocenters. The van der Waals surface area contributed by atoms with Gasteiger partial charge in [-0.05, 0) is 43.3 Å². The smallest absolute Gasteiger partial charge is 0.303 e. The third-order valence-electron chi connectivity index (χ3n) is 3.95. The predicted molar refractivity (Wildman–Crippen MR) is 114 cm³/mol. The van der Waals surface area contributed by atoms with Crippen molar-refractivity contribution >= 4 is 39.7 Å². The van der Waals surface area contributed by atoms with Crippen LogP contribution in [-0.2, 0) is 9.59 Å². The second kappa shape index (κ2) is 9.70. The Balaban J connectivity index is 1.59. The van der Waals surface area contributed by atoms with Gasteiger partial charge < -0.3 is 20.5 Å². The maximum absolute atomic E-state index is 11.7. The van der Waals surface area contributed by atoms with E-state index in [2.05, 4.69) is 15.6 Å². The van der Waals surface area contributed by atoms with Crippen molar-refractivity contribution in [3.05, 3.63) is 53.9 Å². The highest BCUT2D eigenvalue weighted by atomic mass is 32.1. The molecule has 1 amide bonds. The standard InChI is InChI=1S/C21H21N3O4S/c1-2-28-17-9-7-16(8-10-17)23-21-24-18(13-29-21)14-3-5-15(6-4-14)22-19(25)11-12-20(26)27/h3-10,13H,2,11-12H2,1H3,(H,22,25)(H,23,24)(H,26,27). The average molecular weight is 411 g/mol. The Morgan fingerprint density at radius 3 is 2.38 bits per heavy atom. The molecule has 0 radical (unpaired) electrons. The number of carbonyl (C=O) groups excluding carboxylic acids is 1. The van der Waals surface area contributed by atoms with Crippen LogP contribution < -0.4 is 15.4 Å². The van der Waals surface area contributed by atoms with Gasteiger partial charge >= 0.3 is 5.97 Å². The quantitative estimate of drug-likeness (QED) is 0.470. The molecule has 0 saturated heterocycles. The fraction of sp³-hybridized carbons (Fsp3) is 0.190. The Hall–Kier alpha value is -3.39. The number of nitrogens with one attached hydrogen (secondary N) is 2. The number of aliphatic carboxylic acids is 1. The summed E-state index contributed by atoms with van der Waals surface area (Å²) in [6.07, 6.45) is -0.239. The Bertz CT molecular complexity index is 968. The van der Waals surface area contributed by atoms with E-state index in [0.717, 1.165) is 27.8 Å². The van der Waals surface area contributed by atoms with Crippen LogP contribution >= 0.6 is 11.3 Å². The maximum Gasteiger partial charge on any atom is 0.303 e. The van der Waals surface area contributed by atoms with E-state index in [1.54, 1.807) is 12.1 Å². The molecule has 3 aromatic rings. The number of anilines is 3. The van der Waals surface area contributed by atoms with Crippen molar-refractivity contribution in [2.45, 2.75) is 19.8 Å². The molecule has 0 fully saturated rings. The molecule has 1 aromatic heterocycles. The van der Waals surface area contributed by atoms with Gasteiger partial charge in [-0.3, -0.25) is 9.59 Å². The van der Waals surface area contributed by atoms with Gasteiger partial charge in [0.25, 0.3) is 0 Å². The summed E-state index contributed by atoms with van der Waals surface area (Å²) in [6, 6.07) is 15.0. The van der Waals surface area contributed by atoms with Gasteiger partial charge in [0.15, 0.2) is 5.13 Å². The lowest BCUT2D eigenvalue weighted by molar-refractivity contribution is -0.138. The van der Waals surface area contributed by atoms with Crippen molar-refractivity contribution in [1.82, 2.24) is 4.98 Å². The van der Waals surface area contributed by atoms with Crippen molar-refractivity contribution in [3.8, 4) is 17.0 Å². The number of hydrogen-bond acceptors (Lipinski definition) is 6. The number of carboxylic acid groups (broad SMARTS) is 1. The molecule has 0 atom stereocenters. The molecule has 0 aliphatic rings. The summed E-state index contributed by atoms with van der Waals surface area (Å²) in [5.74, 6) is -0.489. The summed E-state index contributed by atoms with van der Waals surface area (Å²) in [7, 11) is 0. The lowest BCUT2D eigenvalue weighted by Gasteiger charge is -2.06. The first-order valence-electron chi connectivity index (χ1n) is 9.11. The van der Waals surface area contributed by atoms with Gasteiger partial charge in [0.05, 0.1) is 18.7 Å².